The lowest BCUT2D eigenvalue weighted by atomic mass is 9.84. The van der Waals surface area contributed by atoms with Gasteiger partial charge in [0, 0.05) is 31.0 Å². The number of aliphatic hydroxyl groups is 1. The predicted octanol–water partition coefficient (Wildman–Crippen LogP) is 3.65. The van der Waals surface area contributed by atoms with E-state index in [9.17, 15) is 18.3 Å². The highest BCUT2D eigenvalue weighted by Gasteiger charge is 2.38. The molecule has 2 aromatic heterocycles. The molecule has 2 aromatic rings. The Hall–Kier alpha value is -2.06. The van der Waals surface area contributed by atoms with E-state index in [0.717, 1.165) is 6.20 Å². The molecule has 1 fully saturated rings. The molecule has 3 rings (SSSR count). The molecule has 1 aliphatic rings. The maximum absolute atomic E-state index is 12.8. The lowest BCUT2D eigenvalue weighted by Crippen LogP contribution is -2.43. The van der Waals surface area contributed by atoms with E-state index in [0.29, 0.717) is 42.9 Å². The minimum absolute atomic E-state index is 0.369. The summed E-state index contributed by atoms with van der Waals surface area (Å²) in [5, 5.41) is 10.5. The smallest absolute Gasteiger partial charge is 0.434 e. The van der Waals surface area contributed by atoms with Crippen molar-refractivity contribution in [2.24, 2.45) is 0 Å². The normalized spacial score (nSPS) is 17.2. The van der Waals surface area contributed by atoms with Gasteiger partial charge in [-0.25, -0.2) is 4.98 Å². The van der Waals surface area contributed by atoms with E-state index in [1.54, 1.807) is 18.5 Å². The van der Waals surface area contributed by atoms with Crippen LogP contribution in [0.25, 0.3) is 0 Å². The van der Waals surface area contributed by atoms with Crippen molar-refractivity contribution in [1.82, 2.24) is 9.97 Å². The van der Waals surface area contributed by atoms with Gasteiger partial charge in [-0.05, 0) is 25.0 Å². The Kier molecular flexibility index (Phi) is 4.98. The van der Waals surface area contributed by atoms with Gasteiger partial charge in [0.1, 0.15) is 5.75 Å². The zero-order valence-electron chi connectivity index (χ0n) is 13.9. The molecule has 26 heavy (non-hydrogen) atoms. The van der Waals surface area contributed by atoms with Crippen molar-refractivity contribution < 1.29 is 23.0 Å². The van der Waals surface area contributed by atoms with Gasteiger partial charge in [0.2, 0.25) is 0 Å². The van der Waals surface area contributed by atoms with Crippen LogP contribution in [-0.2, 0) is 11.8 Å². The second-order valence-corrected chi connectivity index (χ2v) is 6.52. The van der Waals surface area contributed by atoms with Crippen molar-refractivity contribution in [3.05, 3.63) is 47.0 Å². The largest absolute Gasteiger partial charge is 0.496 e. The molecular formula is C17H17ClF3N3O2. The van der Waals surface area contributed by atoms with E-state index in [4.69, 9.17) is 16.3 Å². The van der Waals surface area contributed by atoms with Crippen LogP contribution in [0.1, 0.15) is 24.1 Å². The fraction of sp³-hybridized carbons (Fsp3) is 0.412. The van der Waals surface area contributed by atoms with Gasteiger partial charge < -0.3 is 14.7 Å². The topological polar surface area (TPSA) is 58.5 Å². The number of halogens is 4. The number of methoxy groups -OCH3 is 1. The van der Waals surface area contributed by atoms with E-state index in [1.807, 2.05) is 4.90 Å². The molecule has 140 valence electrons. The van der Waals surface area contributed by atoms with Crippen LogP contribution in [0, 0.1) is 0 Å². The third kappa shape index (κ3) is 3.57. The number of aromatic nitrogens is 2. The summed E-state index contributed by atoms with van der Waals surface area (Å²) in [5.74, 6) is 0.551. The Bertz CT molecular complexity index is 793. The van der Waals surface area contributed by atoms with E-state index in [2.05, 4.69) is 9.97 Å². The second kappa shape index (κ2) is 6.92. The third-order valence-corrected chi connectivity index (χ3v) is 4.84. The molecule has 1 saturated heterocycles. The summed E-state index contributed by atoms with van der Waals surface area (Å²) in [7, 11) is 1.52. The van der Waals surface area contributed by atoms with E-state index in [-0.39, 0.29) is 0 Å². The Morgan fingerprint density at radius 3 is 2.54 bits per heavy atom. The SMILES string of the molecule is COc1ccncc1C1(O)CCN(c2cnc(C(F)(F)F)c(Cl)c2)CC1. The average molecular weight is 388 g/mol. The monoisotopic (exact) mass is 387 g/mol. The van der Waals surface area contributed by atoms with E-state index in [1.165, 1.54) is 13.2 Å². The lowest BCUT2D eigenvalue weighted by Gasteiger charge is -2.39. The molecule has 1 N–H and O–H groups in total. The fourth-order valence-corrected chi connectivity index (χ4v) is 3.39. The molecule has 0 bridgehead atoms. The Morgan fingerprint density at radius 1 is 1.27 bits per heavy atom. The first-order valence-corrected chi connectivity index (χ1v) is 8.31. The maximum Gasteiger partial charge on any atom is 0.434 e. The zero-order chi connectivity index (χ0) is 18.9. The molecule has 3 heterocycles. The van der Waals surface area contributed by atoms with Crippen LogP contribution < -0.4 is 9.64 Å². The summed E-state index contributed by atoms with van der Waals surface area (Å²) in [6.07, 6.45) is 0.460. The van der Waals surface area contributed by atoms with Gasteiger partial charge in [-0.15, -0.1) is 0 Å². The molecular weight excluding hydrogens is 371 g/mol. The van der Waals surface area contributed by atoms with Crippen LogP contribution >= 0.6 is 11.6 Å². The number of ether oxygens (including phenoxy) is 1. The summed E-state index contributed by atoms with van der Waals surface area (Å²) >= 11 is 5.74. The first-order chi connectivity index (χ1) is 12.2. The van der Waals surface area contributed by atoms with E-state index >= 15 is 0 Å². The first-order valence-electron chi connectivity index (χ1n) is 7.93. The molecule has 0 atom stereocenters. The van der Waals surface area contributed by atoms with Crippen molar-refractivity contribution >= 4 is 17.3 Å². The van der Waals surface area contributed by atoms with Crippen LogP contribution in [0.2, 0.25) is 5.02 Å². The second-order valence-electron chi connectivity index (χ2n) is 6.12. The fourth-order valence-electron chi connectivity index (χ4n) is 3.12. The van der Waals surface area contributed by atoms with Crippen molar-refractivity contribution in [3.63, 3.8) is 0 Å². The predicted molar refractivity (Wildman–Crippen MR) is 90.4 cm³/mol. The number of nitrogens with zero attached hydrogens (tertiary/aromatic N) is 3. The quantitative estimate of drug-likeness (QED) is 0.871. The van der Waals surface area contributed by atoms with Crippen molar-refractivity contribution in [2.45, 2.75) is 24.6 Å². The zero-order valence-corrected chi connectivity index (χ0v) is 14.7. The highest BCUT2D eigenvalue weighted by molar-refractivity contribution is 6.31. The summed E-state index contributed by atoms with van der Waals surface area (Å²) in [4.78, 5) is 9.35. The minimum Gasteiger partial charge on any atom is -0.496 e. The van der Waals surface area contributed by atoms with Gasteiger partial charge in [-0.3, -0.25) is 4.98 Å². The number of rotatable bonds is 3. The first kappa shape index (κ1) is 18.7. The number of anilines is 1. The molecule has 5 nitrogen and oxygen atoms in total. The molecule has 1 aliphatic heterocycles. The van der Waals surface area contributed by atoms with Crippen LogP contribution in [-0.4, -0.2) is 35.3 Å². The molecule has 0 spiro atoms. The minimum atomic E-state index is -4.59. The summed E-state index contributed by atoms with van der Waals surface area (Å²) in [6, 6.07) is 2.94. The van der Waals surface area contributed by atoms with Crippen LogP contribution in [0.5, 0.6) is 5.75 Å². The van der Waals surface area contributed by atoms with Crippen LogP contribution in [0.15, 0.2) is 30.7 Å². The van der Waals surface area contributed by atoms with Gasteiger partial charge in [-0.2, -0.15) is 13.2 Å². The van der Waals surface area contributed by atoms with Gasteiger partial charge >= 0.3 is 6.18 Å². The number of hydrogen-bond donors (Lipinski definition) is 1. The summed E-state index contributed by atoms with van der Waals surface area (Å²) in [6.45, 7) is 0.857. The average Bonchev–Trinajstić information content (AvgIpc) is 2.61. The Labute approximate surface area is 153 Å². The van der Waals surface area contributed by atoms with Crippen LogP contribution in [0.4, 0.5) is 18.9 Å². The molecule has 0 amide bonds. The maximum atomic E-state index is 12.8. The van der Waals surface area contributed by atoms with E-state index < -0.39 is 22.5 Å². The lowest BCUT2D eigenvalue weighted by molar-refractivity contribution is -0.141. The molecule has 0 radical (unpaired) electrons. The molecule has 0 unspecified atom stereocenters. The van der Waals surface area contributed by atoms with Gasteiger partial charge in [0.05, 0.1) is 29.6 Å². The van der Waals surface area contributed by atoms with Gasteiger partial charge in [-0.1, -0.05) is 11.6 Å². The van der Waals surface area contributed by atoms with Gasteiger partial charge in [0.15, 0.2) is 5.69 Å². The number of piperidine rings is 1. The molecule has 0 aromatic carbocycles. The number of alkyl halides is 3. The highest BCUT2D eigenvalue weighted by Crippen LogP contribution is 2.39. The number of pyridine rings is 2. The highest BCUT2D eigenvalue weighted by atomic mass is 35.5. The van der Waals surface area contributed by atoms with Gasteiger partial charge in [0.25, 0.3) is 0 Å². The van der Waals surface area contributed by atoms with Crippen molar-refractivity contribution in [2.75, 3.05) is 25.1 Å². The van der Waals surface area contributed by atoms with Crippen LogP contribution in [0.3, 0.4) is 0 Å². The Morgan fingerprint density at radius 2 is 1.96 bits per heavy atom. The number of hydrogen-bond acceptors (Lipinski definition) is 5. The summed E-state index contributed by atoms with van der Waals surface area (Å²) in [5.41, 5.74) is -1.12. The third-order valence-electron chi connectivity index (χ3n) is 4.55. The van der Waals surface area contributed by atoms with Crippen molar-refractivity contribution in [3.8, 4) is 5.75 Å². The molecule has 9 heteroatoms. The van der Waals surface area contributed by atoms with Crippen molar-refractivity contribution in [1.29, 1.82) is 0 Å². The molecule has 0 aliphatic carbocycles. The summed E-state index contributed by atoms with van der Waals surface area (Å²) < 4.78 is 43.6. The standard InChI is InChI=1S/C17H17ClF3N3O2/c1-26-14-2-5-22-10-12(14)16(25)3-6-24(7-4-16)11-8-13(18)15(23-9-11)17(19,20)21/h2,5,8-10,25H,3-4,6-7H2,1H3. The molecule has 0 saturated carbocycles. The Balaban J connectivity index is 1.77.